The number of carbonyl (C=O) groups is 2. The van der Waals surface area contributed by atoms with Crippen LogP contribution in [0.2, 0.25) is 0 Å². The van der Waals surface area contributed by atoms with Crippen LogP contribution in [-0.4, -0.2) is 34.1 Å². The van der Waals surface area contributed by atoms with E-state index in [1.165, 1.54) is 23.9 Å². The van der Waals surface area contributed by atoms with Gasteiger partial charge in [-0.2, -0.15) is 0 Å². The van der Waals surface area contributed by atoms with E-state index in [-0.39, 0.29) is 29.0 Å². The van der Waals surface area contributed by atoms with Crippen LogP contribution in [0.15, 0.2) is 77.7 Å². The smallest absolute Gasteiger partial charge is 0.237 e. The summed E-state index contributed by atoms with van der Waals surface area (Å²) in [5, 5.41) is 12.1. The third kappa shape index (κ3) is 4.07. The molecule has 31 heavy (non-hydrogen) atoms. The van der Waals surface area contributed by atoms with E-state index in [0.29, 0.717) is 11.1 Å². The second-order valence-electron chi connectivity index (χ2n) is 7.19. The molecule has 3 aromatic carbocycles. The van der Waals surface area contributed by atoms with E-state index in [1.807, 2.05) is 18.4 Å². The van der Waals surface area contributed by atoms with Gasteiger partial charge in [0.05, 0.1) is 5.75 Å². The Morgan fingerprint density at radius 2 is 1.58 bits per heavy atom. The van der Waals surface area contributed by atoms with Crippen molar-refractivity contribution in [2.45, 2.75) is 15.7 Å². The van der Waals surface area contributed by atoms with E-state index in [9.17, 15) is 19.1 Å². The summed E-state index contributed by atoms with van der Waals surface area (Å²) < 4.78 is 13.5. The summed E-state index contributed by atoms with van der Waals surface area (Å²) in [6, 6.07) is 19.9. The van der Waals surface area contributed by atoms with Gasteiger partial charge in [-0.3, -0.25) is 9.59 Å². The first-order valence-corrected chi connectivity index (χ1v) is 11.9. The Hall–Kier alpha value is -2.77. The predicted molar refractivity (Wildman–Crippen MR) is 122 cm³/mol. The average molecular weight is 454 g/mol. The fourth-order valence-electron chi connectivity index (χ4n) is 3.72. The number of hydrogen-bond acceptors (Lipinski definition) is 5. The molecule has 4 rings (SSSR count). The minimum Gasteiger partial charge on any atom is -0.508 e. The zero-order valence-electron chi connectivity index (χ0n) is 16.7. The van der Waals surface area contributed by atoms with Gasteiger partial charge in [0.1, 0.15) is 22.4 Å². The highest BCUT2D eigenvalue weighted by atomic mass is 32.2. The molecule has 2 N–H and O–H groups in total. The molecular formula is C24H20FNO3S2. The molecule has 1 amide bonds. The number of carbonyl (C=O) groups excluding carboxylic acids is 2. The van der Waals surface area contributed by atoms with E-state index < -0.39 is 10.8 Å². The second kappa shape index (κ2) is 8.77. The molecule has 0 spiro atoms. The van der Waals surface area contributed by atoms with Crippen molar-refractivity contribution in [3.63, 3.8) is 0 Å². The summed E-state index contributed by atoms with van der Waals surface area (Å²) in [4.78, 5) is 26.4. The first-order valence-electron chi connectivity index (χ1n) is 9.60. The molecule has 1 heterocycles. The summed E-state index contributed by atoms with van der Waals surface area (Å²) in [5.74, 6) is -0.374. The summed E-state index contributed by atoms with van der Waals surface area (Å²) >= 11 is 2.87. The number of phenols is 1. The summed E-state index contributed by atoms with van der Waals surface area (Å²) in [6.07, 6.45) is 1.97. The lowest BCUT2D eigenvalue weighted by molar-refractivity contribution is -0.130. The number of Topliss-reactive ketones (excluding diaryl/α,β-unsaturated/α-hetero) is 1. The van der Waals surface area contributed by atoms with Gasteiger partial charge in [-0.1, -0.05) is 36.4 Å². The maximum Gasteiger partial charge on any atom is 0.237 e. The maximum absolute atomic E-state index is 13.5. The normalized spacial score (nSPS) is 20.1. The van der Waals surface area contributed by atoms with Crippen LogP contribution in [0, 0.1) is 5.82 Å². The Balaban J connectivity index is 1.62. The van der Waals surface area contributed by atoms with Crippen molar-refractivity contribution in [3.8, 4) is 5.75 Å². The molecule has 0 aliphatic carbocycles. The number of aromatic hydroxyl groups is 1. The first kappa shape index (κ1) is 21.5. The Labute approximate surface area is 188 Å². The van der Waals surface area contributed by atoms with E-state index in [0.717, 1.165) is 10.5 Å². The van der Waals surface area contributed by atoms with Crippen LogP contribution in [0.1, 0.15) is 21.5 Å². The Kier molecular flexibility index (Phi) is 6.07. The van der Waals surface area contributed by atoms with E-state index >= 15 is 0 Å². The van der Waals surface area contributed by atoms with Gasteiger partial charge in [0.2, 0.25) is 5.91 Å². The molecule has 1 fully saturated rings. The van der Waals surface area contributed by atoms with Gasteiger partial charge in [0, 0.05) is 10.5 Å². The largest absolute Gasteiger partial charge is 0.508 e. The number of phenolic OH excluding ortho intramolecular Hbond substituents is 1. The van der Waals surface area contributed by atoms with E-state index in [4.69, 9.17) is 0 Å². The molecule has 1 saturated heterocycles. The van der Waals surface area contributed by atoms with Crippen LogP contribution in [0.25, 0.3) is 0 Å². The number of ketones is 1. The third-order valence-electron chi connectivity index (χ3n) is 5.37. The summed E-state index contributed by atoms with van der Waals surface area (Å²) in [7, 11) is 0. The quantitative estimate of drug-likeness (QED) is 0.311. The number of halogens is 1. The number of hydrogen-bond donors (Lipinski definition) is 2. The molecule has 0 saturated carbocycles. The van der Waals surface area contributed by atoms with E-state index in [1.54, 1.807) is 60.3 Å². The van der Waals surface area contributed by atoms with Gasteiger partial charge in [0.25, 0.3) is 0 Å². The summed E-state index contributed by atoms with van der Waals surface area (Å²) in [6.45, 7) is 0. The van der Waals surface area contributed by atoms with Gasteiger partial charge in [-0.25, -0.2) is 4.39 Å². The van der Waals surface area contributed by atoms with Crippen LogP contribution in [-0.2, 0) is 10.3 Å². The van der Waals surface area contributed by atoms with Crippen LogP contribution < -0.4 is 5.32 Å². The second-order valence-corrected chi connectivity index (χ2v) is 9.17. The molecule has 1 aliphatic heterocycles. The molecule has 4 nitrogen and oxygen atoms in total. The number of thioether (sulfide) groups is 2. The molecule has 0 unspecified atom stereocenters. The number of benzene rings is 3. The monoisotopic (exact) mass is 453 g/mol. The van der Waals surface area contributed by atoms with Crippen LogP contribution in [0.5, 0.6) is 5.75 Å². The van der Waals surface area contributed by atoms with Crippen LogP contribution in [0.4, 0.5) is 4.39 Å². The molecular weight excluding hydrogens is 433 g/mol. The highest BCUT2D eigenvalue weighted by Gasteiger charge is 2.56. The highest BCUT2D eigenvalue weighted by molar-refractivity contribution is 8.01. The number of nitrogens with one attached hydrogen (secondary N) is 1. The summed E-state index contributed by atoms with van der Waals surface area (Å²) in [5.41, 5.74) is 1.16. The van der Waals surface area contributed by atoms with Gasteiger partial charge in [0.15, 0.2) is 5.78 Å². The van der Waals surface area contributed by atoms with Crippen molar-refractivity contribution < 1.29 is 19.1 Å². The van der Waals surface area contributed by atoms with E-state index in [2.05, 4.69) is 5.32 Å². The van der Waals surface area contributed by atoms with Crippen molar-refractivity contribution in [3.05, 3.63) is 95.3 Å². The van der Waals surface area contributed by atoms with Gasteiger partial charge in [-0.15, -0.1) is 23.5 Å². The van der Waals surface area contributed by atoms with Crippen molar-refractivity contribution in [1.82, 2.24) is 5.32 Å². The van der Waals surface area contributed by atoms with Crippen molar-refractivity contribution in [1.29, 1.82) is 0 Å². The maximum atomic E-state index is 13.5. The minimum absolute atomic E-state index is 0.0592. The van der Waals surface area contributed by atoms with Crippen molar-refractivity contribution >= 4 is 35.2 Å². The predicted octanol–water partition coefficient (Wildman–Crippen LogP) is 4.61. The molecule has 0 aromatic heterocycles. The average Bonchev–Trinajstić information content (AvgIpc) is 2.78. The highest BCUT2D eigenvalue weighted by Crippen LogP contribution is 2.45. The third-order valence-corrected chi connectivity index (χ3v) is 7.44. The Bertz CT molecular complexity index is 1050. The number of β-lactam (4-membered cyclic amide) rings is 1. The van der Waals surface area contributed by atoms with Gasteiger partial charge >= 0.3 is 0 Å². The lowest BCUT2D eigenvalue weighted by Crippen LogP contribution is -2.69. The van der Waals surface area contributed by atoms with Crippen LogP contribution in [0.3, 0.4) is 0 Å². The molecule has 0 bridgehead atoms. The Morgan fingerprint density at radius 1 is 1.00 bits per heavy atom. The fraction of sp³-hybridized carbons (Fsp3) is 0.167. The van der Waals surface area contributed by atoms with Gasteiger partial charge in [-0.05, 0) is 53.8 Å². The first-order chi connectivity index (χ1) is 14.9. The van der Waals surface area contributed by atoms with Crippen molar-refractivity contribution in [2.24, 2.45) is 0 Å². The standard InChI is InChI=1S/C24H20FNO3S2/c1-30-20-12-2-15(3-13-20)21(28)14-31-22-23(29)26-24(22,16-4-8-18(25)9-5-16)17-6-10-19(27)11-7-17/h2-13,22,27H,14H2,1H3,(H,26,29)/t22-,24-/m0/s1. The van der Waals surface area contributed by atoms with Crippen LogP contribution >= 0.6 is 23.5 Å². The molecule has 7 heteroatoms. The zero-order valence-corrected chi connectivity index (χ0v) is 18.3. The number of amides is 1. The SMILES string of the molecule is CSc1ccc(C(=O)CS[C@H]2C(=O)N[C@]2(c2ccc(O)cc2)c2ccc(F)cc2)cc1. The Morgan fingerprint density at radius 3 is 2.13 bits per heavy atom. The minimum atomic E-state index is -0.911. The molecule has 0 radical (unpaired) electrons. The topological polar surface area (TPSA) is 66.4 Å². The zero-order chi connectivity index (χ0) is 22.0. The molecule has 158 valence electrons. The fourth-order valence-corrected chi connectivity index (χ4v) is 5.40. The molecule has 1 aliphatic rings. The molecule has 3 aromatic rings. The molecule has 2 atom stereocenters. The number of rotatable bonds is 7. The van der Waals surface area contributed by atoms with Crippen molar-refractivity contribution in [2.75, 3.05) is 12.0 Å². The van der Waals surface area contributed by atoms with Gasteiger partial charge < -0.3 is 10.4 Å². The lowest BCUT2D eigenvalue weighted by atomic mass is 9.74. The lowest BCUT2D eigenvalue weighted by Gasteiger charge is -2.49.